The van der Waals surface area contributed by atoms with Gasteiger partial charge in [-0.3, -0.25) is 9.59 Å². The summed E-state index contributed by atoms with van der Waals surface area (Å²) in [6.45, 7) is 1.93. The maximum atomic E-state index is 12.2. The van der Waals surface area contributed by atoms with E-state index in [1.807, 2.05) is 0 Å². The monoisotopic (exact) mass is 280 g/mol. The molecule has 2 heterocycles. The molecule has 108 valence electrons. The van der Waals surface area contributed by atoms with Gasteiger partial charge >= 0.3 is 5.97 Å². The number of nitrogens with zero attached hydrogens (tertiary/aromatic N) is 1. The van der Waals surface area contributed by atoms with Crippen LogP contribution in [0.2, 0.25) is 0 Å². The first kappa shape index (κ1) is 14.1. The average Bonchev–Trinajstić information content (AvgIpc) is 3.08. The zero-order chi connectivity index (χ0) is 14.7. The minimum absolute atomic E-state index is 0.112. The van der Waals surface area contributed by atoms with E-state index in [0.29, 0.717) is 19.4 Å². The third-order valence-corrected chi connectivity index (χ3v) is 3.28. The molecule has 7 nitrogen and oxygen atoms in total. The van der Waals surface area contributed by atoms with E-state index in [0.717, 1.165) is 0 Å². The molecule has 2 amide bonds. The lowest BCUT2D eigenvalue weighted by molar-refractivity contribution is -0.148. The number of hydrogen-bond donors (Lipinski definition) is 2. The van der Waals surface area contributed by atoms with Crippen LogP contribution >= 0.6 is 0 Å². The number of carbonyl (C=O) groups is 3. The number of hydrogen-bond acceptors (Lipinski definition) is 4. The van der Waals surface area contributed by atoms with Gasteiger partial charge in [-0.15, -0.1) is 0 Å². The summed E-state index contributed by atoms with van der Waals surface area (Å²) < 4.78 is 4.93. The van der Waals surface area contributed by atoms with E-state index in [4.69, 9.17) is 9.52 Å². The van der Waals surface area contributed by atoms with Crippen molar-refractivity contribution < 1.29 is 23.9 Å². The quantitative estimate of drug-likeness (QED) is 0.835. The molecule has 0 aromatic carbocycles. The maximum Gasteiger partial charge on any atom is 0.326 e. The summed E-state index contributed by atoms with van der Waals surface area (Å²) in [6.07, 6.45) is 2.46. The molecule has 1 aliphatic heterocycles. The molecular formula is C13H16N2O5. The van der Waals surface area contributed by atoms with Crippen molar-refractivity contribution in [1.82, 2.24) is 10.2 Å². The van der Waals surface area contributed by atoms with Gasteiger partial charge in [0.1, 0.15) is 12.1 Å². The van der Waals surface area contributed by atoms with Gasteiger partial charge in [0.2, 0.25) is 5.91 Å². The molecular weight excluding hydrogens is 264 g/mol. The van der Waals surface area contributed by atoms with Gasteiger partial charge in [-0.05, 0) is 31.9 Å². The zero-order valence-electron chi connectivity index (χ0n) is 11.0. The van der Waals surface area contributed by atoms with E-state index in [1.54, 1.807) is 6.07 Å². The predicted molar refractivity (Wildman–Crippen MR) is 68.0 cm³/mol. The second-order valence-electron chi connectivity index (χ2n) is 4.70. The lowest BCUT2D eigenvalue weighted by atomic mass is 10.2. The summed E-state index contributed by atoms with van der Waals surface area (Å²) in [5.41, 5.74) is 0. The second kappa shape index (κ2) is 5.77. The molecule has 7 heteroatoms. The fraction of sp³-hybridized carbons (Fsp3) is 0.462. The van der Waals surface area contributed by atoms with Gasteiger partial charge in [-0.2, -0.15) is 0 Å². The fourth-order valence-corrected chi connectivity index (χ4v) is 2.27. The maximum absolute atomic E-state index is 12.2. The molecule has 0 bridgehead atoms. The fourth-order valence-electron chi connectivity index (χ4n) is 2.27. The van der Waals surface area contributed by atoms with Crippen LogP contribution in [-0.2, 0) is 9.59 Å². The lowest BCUT2D eigenvalue weighted by Crippen LogP contribution is -2.50. The molecule has 2 N–H and O–H groups in total. The zero-order valence-corrected chi connectivity index (χ0v) is 11.0. The molecule has 0 spiro atoms. The molecule has 0 aliphatic carbocycles. The van der Waals surface area contributed by atoms with Crippen LogP contribution in [0.4, 0.5) is 0 Å². The first-order valence-electron chi connectivity index (χ1n) is 6.38. The molecule has 1 saturated heterocycles. The van der Waals surface area contributed by atoms with E-state index in [1.165, 1.54) is 24.2 Å². The summed E-state index contributed by atoms with van der Waals surface area (Å²) in [4.78, 5) is 36.3. The Bertz CT molecular complexity index is 511. The number of carboxylic acid groups (broad SMARTS) is 1. The Hall–Kier alpha value is -2.31. The second-order valence-corrected chi connectivity index (χ2v) is 4.70. The van der Waals surface area contributed by atoms with Crippen LogP contribution in [0, 0.1) is 0 Å². The number of carbonyl (C=O) groups excluding carboxylic acids is 2. The van der Waals surface area contributed by atoms with Gasteiger partial charge in [-0.1, -0.05) is 0 Å². The summed E-state index contributed by atoms with van der Waals surface area (Å²) in [5, 5.41) is 11.6. The lowest BCUT2D eigenvalue weighted by Gasteiger charge is -2.25. The molecule has 1 aliphatic rings. The Balaban J connectivity index is 1.98. The van der Waals surface area contributed by atoms with E-state index in [-0.39, 0.29) is 5.76 Å². The average molecular weight is 280 g/mol. The van der Waals surface area contributed by atoms with Crippen LogP contribution in [0.5, 0.6) is 0 Å². The van der Waals surface area contributed by atoms with Gasteiger partial charge in [0.25, 0.3) is 5.91 Å². The van der Waals surface area contributed by atoms with Gasteiger partial charge < -0.3 is 19.7 Å². The van der Waals surface area contributed by atoms with Crippen molar-refractivity contribution in [3.63, 3.8) is 0 Å². The van der Waals surface area contributed by atoms with Gasteiger partial charge in [0, 0.05) is 6.54 Å². The molecule has 1 unspecified atom stereocenters. The SMILES string of the molecule is CC(NC(=O)c1ccco1)C(=O)N1CCC[C@H]1C(=O)O. The minimum Gasteiger partial charge on any atom is -0.480 e. The summed E-state index contributed by atoms with van der Waals surface area (Å²) in [7, 11) is 0. The molecule has 0 saturated carbocycles. The van der Waals surface area contributed by atoms with Crippen molar-refractivity contribution in [1.29, 1.82) is 0 Å². The van der Waals surface area contributed by atoms with E-state index in [9.17, 15) is 14.4 Å². The number of furan rings is 1. The van der Waals surface area contributed by atoms with Crippen LogP contribution in [-0.4, -0.2) is 46.4 Å². The van der Waals surface area contributed by atoms with Crippen molar-refractivity contribution in [3.8, 4) is 0 Å². The Labute approximate surface area is 115 Å². The van der Waals surface area contributed by atoms with Crippen LogP contribution in [0.3, 0.4) is 0 Å². The number of aliphatic carboxylic acids is 1. The summed E-state index contributed by atoms with van der Waals surface area (Å²) in [5.74, 6) is -1.79. The Morgan fingerprint density at radius 3 is 2.85 bits per heavy atom. The molecule has 0 radical (unpaired) electrons. The number of likely N-dealkylation sites (tertiary alicyclic amines) is 1. The van der Waals surface area contributed by atoms with Crippen LogP contribution in [0.1, 0.15) is 30.3 Å². The van der Waals surface area contributed by atoms with Crippen LogP contribution in [0.25, 0.3) is 0 Å². The highest BCUT2D eigenvalue weighted by atomic mass is 16.4. The van der Waals surface area contributed by atoms with E-state index >= 15 is 0 Å². The number of carboxylic acids is 1. The number of rotatable bonds is 4. The predicted octanol–water partition coefficient (Wildman–Crippen LogP) is 0.473. The molecule has 1 aromatic rings. The van der Waals surface area contributed by atoms with Gasteiger partial charge in [0.05, 0.1) is 6.26 Å². The molecule has 20 heavy (non-hydrogen) atoms. The van der Waals surface area contributed by atoms with Crippen molar-refractivity contribution >= 4 is 17.8 Å². The van der Waals surface area contributed by atoms with Gasteiger partial charge in [-0.25, -0.2) is 4.79 Å². The largest absolute Gasteiger partial charge is 0.480 e. The standard InChI is InChI=1S/C13H16N2O5/c1-8(14-11(16)10-5-3-7-20-10)12(17)15-6-2-4-9(15)13(18)19/h3,5,7-9H,2,4,6H2,1H3,(H,14,16)(H,18,19)/t8?,9-/m0/s1. The highest BCUT2D eigenvalue weighted by Crippen LogP contribution is 2.18. The summed E-state index contributed by atoms with van der Waals surface area (Å²) >= 11 is 0. The normalized spacial score (nSPS) is 19.6. The Morgan fingerprint density at radius 1 is 1.50 bits per heavy atom. The molecule has 1 aromatic heterocycles. The Kier molecular flexibility index (Phi) is 4.07. The summed E-state index contributed by atoms with van der Waals surface area (Å²) in [6, 6.07) is 1.46. The van der Waals surface area contributed by atoms with Gasteiger partial charge in [0.15, 0.2) is 5.76 Å². The highest BCUT2D eigenvalue weighted by Gasteiger charge is 2.36. The first-order chi connectivity index (χ1) is 9.50. The topological polar surface area (TPSA) is 99.9 Å². The molecule has 2 rings (SSSR count). The number of nitrogens with one attached hydrogen (secondary N) is 1. The minimum atomic E-state index is -1.01. The van der Waals surface area contributed by atoms with Crippen molar-refractivity contribution in [2.24, 2.45) is 0 Å². The molecule has 1 fully saturated rings. The third-order valence-electron chi connectivity index (χ3n) is 3.28. The van der Waals surface area contributed by atoms with E-state index in [2.05, 4.69) is 5.32 Å². The first-order valence-corrected chi connectivity index (χ1v) is 6.38. The van der Waals surface area contributed by atoms with Crippen molar-refractivity contribution in [2.75, 3.05) is 6.54 Å². The van der Waals surface area contributed by atoms with E-state index < -0.39 is 29.9 Å². The van der Waals surface area contributed by atoms with Crippen molar-refractivity contribution in [3.05, 3.63) is 24.2 Å². The van der Waals surface area contributed by atoms with Crippen molar-refractivity contribution in [2.45, 2.75) is 31.8 Å². The van der Waals surface area contributed by atoms with Crippen LogP contribution < -0.4 is 5.32 Å². The number of amides is 2. The van der Waals surface area contributed by atoms with Crippen LogP contribution in [0.15, 0.2) is 22.8 Å². The third kappa shape index (κ3) is 2.81. The Morgan fingerprint density at radius 2 is 2.25 bits per heavy atom. The molecule has 2 atom stereocenters. The smallest absolute Gasteiger partial charge is 0.326 e. The highest BCUT2D eigenvalue weighted by molar-refractivity contribution is 5.96.